The second-order valence-electron chi connectivity index (χ2n) is 7.01. The van der Waals surface area contributed by atoms with Crippen LogP contribution in [0.5, 0.6) is 5.75 Å². The van der Waals surface area contributed by atoms with Crippen molar-refractivity contribution in [2.45, 2.75) is 18.2 Å². The lowest BCUT2D eigenvalue weighted by Gasteiger charge is -2.26. The van der Waals surface area contributed by atoms with Gasteiger partial charge in [-0.3, -0.25) is 9.59 Å². The Labute approximate surface area is 180 Å². The SMILES string of the molecule is COC(=O)CNC(=O)c1ncc(C2=CCN(S(=O)(=O)c3ccc(C)cc3)CC2)cc1O. The average molecular weight is 445 g/mol. The van der Waals surface area contributed by atoms with Gasteiger partial charge in [0.25, 0.3) is 5.91 Å². The number of ether oxygens (including phenoxy) is 1. The number of amides is 1. The van der Waals surface area contributed by atoms with E-state index < -0.39 is 21.9 Å². The normalized spacial score (nSPS) is 14.6. The number of esters is 1. The number of aryl methyl sites for hydroxylation is 1. The molecule has 1 aliphatic rings. The summed E-state index contributed by atoms with van der Waals surface area (Å²) < 4.78 is 31.5. The van der Waals surface area contributed by atoms with Crippen molar-refractivity contribution in [3.8, 4) is 5.75 Å². The molecule has 0 spiro atoms. The number of carbonyl (C=O) groups is 2. The number of hydrogen-bond acceptors (Lipinski definition) is 7. The van der Waals surface area contributed by atoms with Gasteiger partial charge >= 0.3 is 5.97 Å². The number of hydrogen-bond donors (Lipinski definition) is 2. The van der Waals surface area contributed by atoms with Gasteiger partial charge in [0, 0.05) is 19.3 Å². The Hall–Kier alpha value is -3.24. The van der Waals surface area contributed by atoms with Crippen LogP contribution >= 0.6 is 0 Å². The number of aromatic hydroxyl groups is 1. The van der Waals surface area contributed by atoms with Crippen molar-refractivity contribution in [1.29, 1.82) is 0 Å². The average Bonchev–Trinajstić information content (AvgIpc) is 2.77. The Kier molecular flexibility index (Phi) is 6.71. The predicted molar refractivity (Wildman–Crippen MR) is 113 cm³/mol. The van der Waals surface area contributed by atoms with E-state index >= 15 is 0 Å². The van der Waals surface area contributed by atoms with Gasteiger partial charge in [0.05, 0.1) is 12.0 Å². The first-order valence-corrected chi connectivity index (χ1v) is 11.0. The van der Waals surface area contributed by atoms with Gasteiger partial charge in [0.15, 0.2) is 5.69 Å². The van der Waals surface area contributed by atoms with Gasteiger partial charge in [-0.25, -0.2) is 13.4 Å². The van der Waals surface area contributed by atoms with E-state index in [0.29, 0.717) is 12.0 Å². The van der Waals surface area contributed by atoms with Crippen LogP contribution in [0.1, 0.15) is 28.0 Å². The lowest BCUT2D eigenvalue weighted by Crippen LogP contribution is -2.34. The van der Waals surface area contributed by atoms with E-state index in [-0.39, 0.29) is 36.0 Å². The first-order chi connectivity index (χ1) is 14.7. The summed E-state index contributed by atoms with van der Waals surface area (Å²) in [5.74, 6) is -1.67. The lowest BCUT2D eigenvalue weighted by atomic mass is 10.0. The summed E-state index contributed by atoms with van der Waals surface area (Å²) in [6.45, 7) is 2.02. The van der Waals surface area contributed by atoms with Crippen molar-refractivity contribution < 1.29 is 27.9 Å². The van der Waals surface area contributed by atoms with E-state index in [9.17, 15) is 23.1 Å². The highest BCUT2D eigenvalue weighted by molar-refractivity contribution is 7.89. The zero-order chi connectivity index (χ0) is 22.6. The van der Waals surface area contributed by atoms with Crippen LogP contribution in [0.2, 0.25) is 0 Å². The van der Waals surface area contributed by atoms with Crippen LogP contribution in [0, 0.1) is 6.92 Å². The highest BCUT2D eigenvalue weighted by atomic mass is 32.2. The van der Waals surface area contributed by atoms with Crippen LogP contribution < -0.4 is 5.32 Å². The molecule has 1 aromatic carbocycles. The predicted octanol–water partition coefficient (Wildman–Crippen LogP) is 1.48. The monoisotopic (exact) mass is 445 g/mol. The summed E-state index contributed by atoms with van der Waals surface area (Å²) >= 11 is 0. The number of nitrogens with zero attached hydrogens (tertiary/aromatic N) is 2. The molecule has 0 fully saturated rings. The van der Waals surface area contributed by atoms with Crippen molar-refractivity contribution in [2.75, 3.05) is 26.7 Å². The molecule has 1 amide bonds. The van der Waals surface area contributed by atoms with Gasteiger partial charge in [-0.2, -0.15) is 4.31 Å². The van der Waals surface area contributed by atoms with Gasteiger partial charge in [0.1, 0.15) is 12.3 Å². The molecular formula is C21H23N3O6S. The number of pyridine rings is 1. The van der Waals surface area contributed by atoms with Crippen LogP contribution in [-0.4, -0.2) is 61.4 Å². The Morgan fingerprint density at radius 1 is 1.26 bits per heavy atom. The van der Waals surface area contributed by atoms with E-state index in [0.717, 1.165) is 11.1 Å². The number of rotatable bonds is 6. The number of aromatic nitrogens is 1. The Morgan fingerprint density at radius 2 is 1.97 bits per heavy atom. The molecule has 1 aromatic heterocycles. The molecule has 2 N–H and O–H groups in total. The molecule has 9 nitrogen and oxygen atoms in total. The highest BCUT2D eigenvalue weighted by Gasteiger charge is 2.26. The summed E-state index contributed by atoms with van der Waals surface area (Å²) in [5, 5.41) is 12.5. The zero-order valence-electron chi connectivity index (χ0n) is 17.2. The first-order valence-electron chi connectivity index (χ1n) is 9.52. The van der Waals surface area contributed by atoms with E-state index in [1.165, 1.54) is 23.7 Å². The summed E-state index contributed by atoms with van der Waals surface area (Å²) in [5.41, 5.74) is 2.18. The second-order valence-corrected chi connectivity index (χ2v) is 8.94. The molecule has 0 unspecified atom stereocenters. The quantitative estimate of drug-likeness (QED) is 0.645. The van der Waals surface area contributed by atoms with Crippen molar-refractivity contribution in [3.63, 3.8) is 0 Å². The number of nitrogens with one attached hydrogen (secondary N) is 1. The van der Waals surface area contributed by atoms with Gasteiger partial charge in [0.2, 0.25) is 10.0 Å². The fourth-order valence-corrected chi connectivity index (χ4v) is 4.48. The van der Waals surface area contributed by atoms with Crippen molar-refractivity contribution >= 4 is 27.5 Å². The van der Waals surface area contributed by atoms with E-state index in [2.05, 4.69) is 15.0 Å². The smallest absolute Gasteiger partial charge is 0.325 e. The van der Waals surface area contributed by atoms with Gasteiger partial charge in [-0.05, 0) is 42.7 Å². The minimum atomic E-state index is -3.59. The van der Waals surface area contributed by atoms with E-state index in [1.807, 2.05) is 6.92 Å². The molecule has 1 aliphatic heterocycles. The standard InChI is InChI=1S/C21H23N3O6S/c1-14-3-5-17(6-4-14)31(28,29)24-9-7-15(8-10-24)16-11-18(25)20(22-12-16)21(27)23-13-19(26)30-2/h3-7,11-12,25H,8-10,13H2,1-2H3,(H,23,27). The third-order valence-corrected chi connectivity index (χ3v) is 6.78. The molecule has 0 aliphatic carbocycles. The molecule has 10 heteroatoms. The van der Waals surface area contributed by atoms with Crippen molar-refractivity contribution in [1.82, 2.24) is 14.6 Å². The fourth-order valence-electron chi connectivity index (χ4n) is 3.10. The van der Waals surface area contributed by atoms with Gasteiger partial charge in [-0.15, -0.1) is 0 Å². The minimum absolute atomic E-state index is 0.188. The molecule has 0 bridgehead atoms. The van der Waals surface area contributed by atoms with Crippen LogP contribution in [0.3, 0.4) is 0 Å². The Morgan fingerprint density at radius 3 is 2.55 bits per heavy atom. The minimum Gasteiger partial charge on any atom is -0.505 e. The molecule has 164 valence electrons. The van der Waals surface area contributed by atoms with Crippen LogP contribution in [-0.2, 0) is 19.6 Å². The summed E-state index contributed by atoms with van der Waals surface area (Å²) in [6, 6.07) is 8.10. The molecule has 0 saturated carbocycles. The molecule has 0 radical (unpaired) electrons. The molecular weight excluding hydrogens is 422 g/mol. The first kappa shape index (κ1) is 22.4. The number of benzene rings is 1. The van der Waals surface area contributed by atoms with Crippen molar-refractivity contribution in [2.24, 2.45) is 0 Å². The molecule has 0 atom stereocenters. The maximum absolute atomic E-state index is 12.8. The molecule has 3 rings (SSSR count). The lowest BCUT2D eigenvalue weighted by molar-refractivity contribution is -0.139. The second kappa shape index (κ2) is 9.27. The number of methoxy groups -OCH3 is 1. The third-order valence-electron chi connectivity index (χ3n) is 4.91. The zero-order valence-corrected chi connectivity index (χ0v) is 18.0. The number of carbonyl (C=O) groups excluding carboxylic acids is 2. The summed E-state index contributed by atoms with van der Waals surface area (Å²) in [4.78, 5) is 27.4. The van der Waals surface area contributed by atoms with Crippen molar-refractivity contribution in [3.05, 3.63) is 59.4 Å². The van der Waals surface area contributed by atoms with Crippen LogP contribution in [0.4, 0.5) is 0 Å². The molecule has 0 saturated heterocycles. The summed E-state index contributed by atoms with van der Waals surface area (Å²) in [6.07, 6.45) is 3.63. The molecule has 2 aromatic rings. The van der Waals surface area contributed by atoms with Crippen LogP contribution in [0.15, 0.2) is 47.5 Å². The third kappa shape index (κ3) is 5.09. The molecule has 31 heavy (non-hydrogen) atoms. The van der Waals surface area contributed by atoms with Crippen LogP contribution in [0.25, 0.3) is 5.57 Å². The van der Waals surface area contributed by atoms with E-state index in [4.69, 9.17) is 0 Å². The Balaban J connectivity index is 1.71. The van der Waals surface area contributed by atoms with Gasteiger partial charge < -0.3 is 15.2 Å². The molecule has 2 heterocycles. The fraction of sp³-hybridized carbons (Fsp3) is 0.286. The van der Waals surface area contributed by atoms with Gasteiger partial charge in [-0.1, -0.05) is 23.8 Å². The largest absolute Gasteiger partial charge is 0.505 e. The topological polar surface area (TPSA) is 126 Å². The maximum Gasteiger partial charge on any atom is 0.325 e. The van der Waals surface area contributed by atoms with E-state index in [1.54, 1.807) is 30.3 Å². The highest BCUT2D eigenvalue weighted by Crippen LogP contribution is 2.28. The maximum atomic E-state index is 12.8. The summed E-state index contributed by atoms with van der Waals surface area (Å²) in [7, 11) is -2.39. The number of sulfonamides is 1. The Bertz CT molecular complexity index is 1130.